The molecule has 0 amide bonds. The molecule has 0 aliphatic carbocycles. The summed E-state index contributed by atoms with van der Waals surface area (Å²) in [5.41, 5.74) is 1.12. The van der Waals surface area contributed by atoms with Crippen molar-refractivity contribution < 1.29 is 4.74 Å². The van der Waals surface area contributed by atoms with E-state index in [1.54, 1.807) is 0 Å². The van der Waals surface area contributed by atoms with Gasteiger partial charge in [-0.2, -0.15) is 0 Å². The van der Waals surface area contributed by atoms with Gasteiger partial charge in [-0.15, -0.1) is 0 Å². The molecule has 6 heteroatoms. The topological polar surface area (TPSA) is 9.23 Å². The van der Waals surface area contributed by atoms with E-state index in [-0.39, 0.29) is 0 Å². The first-order chi connectivity index (χ1) is 6.58. The highest BCUT2D eigenvalue weighted by molar-refractivity contribution is 8.77. The summed E-state index contributed by atoms with van der Waals surface area (Å²) in [5, 5.41) is 0. The number of halogens is 2. The second kappa shape index (κ2) is 6.14. The first kappa shape index (κ1) is 12.5. The Hall–Kier alpha value is 0.470. The molecular weight excluding hydrogens is 278 g/mol. The molecule has 1 nitrogen and oxygen atoms in total. The lowest BCUT2D eigenvalue weighted by Gasteiger charge is -2.06. The number of hydrogen-bond donors (Lipinski definition) is 0. The first-order valence-corrected chi connectivity index (χ1v) is 8.64. The Bertz CT molecular complexity index is 333. The molecule has 0 saturated heterocycles. The molecule has 0 radical (unpaired) electrons. The average molecular weight is 285 g/mol. The molecule has 0 fully saturated rings. The molecule has 1 rings (SSSR count). The van der Waals surface area contributed by atoms with Gasteiger partial charge in [-0.1, -0.05) is 34.6 Å². The first-order valence-electron chi connectivity index (χ1n) is 3.66. The zero-order valence-electron chi connectivity index (χ0n) is 7.24. The Labute approximate surface area is 103 Å². The number of benzene rings is 1. The van der Waals surface area contributed by atoms with Crippen molar-refractivity contribution in [3.63, 3.8) is 0 Å². The lowest BCUT2D eigenvalue weighted by molar-refractivity contribution is 0.579. The Morgan fingerprint density at radius 3 is 2.79 bits per heavy atom. The van der Waals surface area contributed by atoms with E-state index in [1.807, 2.05) is 31.2 Å². The Morgan fingerprint density at radius 1 is 1.50 bits per heavy atom. The number of hydrogen-bond acceptors (Lipinski definition) is 3. The van der Waals surface area contributed by atoms with E-state index in [2.05, 4.69) is 0 Å². The van der Waals surface area contributed by atoms with Gasteiger partial charge in [0, 0.05) is 0 Å². The molecule has 0 aromatic heterocycles. The van der Waals surface area contributed by atoms with Gasteiger partial charge in [-0.05, 0) is 48.2 Å². The quantitative estimate of drug-likeness (QED) is 0.553. The lowest BCUT2D eigenvalue weighted by atomic mass is 10.2. The fourth-order valence-electron chi connectivity index (χ4n) is 0.850. The van der Waals surface area contributed by atoms with Crippen LogP contribution in [0.15, 0.2) is 24.3 Å². The van der Waals surface area contributed by atoms with E-state index in [9.17, 15) is 0 Å². The number of aryl methyl sites for hydroxylation is 1. The van der Waals surface area contributed by atoms with Crippen molar-refractivity contribution in [2.24, 2.45) is 0 Å². The summed E-state index contributed by atoms with van der Waals surface area (Å²) in [4.78, 5) is 0. The third-order valence-electron chi connectivity index (χ3n) is 1.33. The molecule has 0 saturated carbocycles. The Balaban J connectivity index is 2.56. The monoisotopic (exact) mass is 284 g/mol. The van der Waals surface area contributed by atoms with E-state index in [0.29, 0.717) is 10.1 Å². The van der Waals surface area contributed by atoms with Crippen molar-refractivity contribution >= 4 is 56.3 Å². The van der Waals surface area contributed by atoms with Crippen molar-refractivity contribution in [3.05, 3.63) is 29.8 Å². The highest BCUT2D eigenvalue weighted by Crippen LogP contribution is 2.59. The SMILES string of the molecule is Cc1cccc(OC(=S)SP(Cl)Cl)c1. The standard InChI is InChI=1S/C8H7Cl2OPS2/c1-6-3-2-4-7(5-6)11-8(13)14-12(9)10/h2-5H,1H3. The number of thiocarbonyl (C=S) groups is 1. The summed E-state index contributed by atoms with van der Waals surface area (Å²) in [7, 11) is 0. The molecule has 14 heavy (non-hydrogen) atoms. The van der Waals surface area contributed by atoms with Crippen LogP contribution in [0.1, 0.15) is 5.56 Å². The van der Waals surface area contributed by atoms with Gasteiger partial charge in [-0.3, -0.25) is 0 Å². The normalized spacial score (nSPS) is 10.3. The predicted octanol–water partition coefficient (Wildman–Crippen LogP) is 5.10. The van der Waals surface area contributed by atoms with E-state index >= 15 is 0 Å². The highest BCUT2D eigenvalue weighted by Gasteiger charge is 2.07. The smallest absolute Gasteiger partial charge is 0.232 e. The van der Waals surface area contributed by atoms with Gasteiger partial charge >= 0.3 is 0 Å². The van der Waals surface area contributed by atoms with Gasteiger partial charge in [0.2, 0.25) is 4.38 Å². The fourth-order valence-corrected chi connectivity index (χ4v) is 4.18. The van der Waals surface area contributed by atoms with Gasteiger partial charge < -0.3 is 4.74 Å². The van der Waals surface area contributed by atoms with Crippen LogP contribution in [0.5, 0.6) is 5.75 Å². The minimum absolute atomic E-state index is 0.353. The molecule has 0 bridgehead atoms. The Kier molecular flexibility index (Phi) is 5.50. The zero-order valence-corrected chi connectivity index (χ0v) is 11.3. The van der Waals surface area contributed by atoms with Crippen molar-refractivity contribution in [1.82, 2.24) is 0 Å². The maximum Gasteiger partial charge on any atom is 0.232 e. The molecule has 0 N–H and O–H groups in total. The van der Waals surface area contributed by atoms with Crippen LogP contribution in [-0.4, -0.2) is 4.38 Å². The van der Waals surface area contributed by atoms with Crippen molar-refractivity contribution in [2.45, 2.75) is 6.92 Å². The molecular formula is C8H7Cl2OPS2. The molecule has 1 aromatic carbocycles. The van der Waals surface area contributed by atoms with Crippen LogP contribution in [0.4, 0.5) is 0 Å². The summed E-state index contributed by atoms with van der Waals surface area (Å²) in [6.45, 7) is 1.99. The summed E-state index contributed by atoms with van der Waals surface area (Å²) in [6.07, 6.45) is 0. The van der Waals surface area contributed by atoms with Gasteiger partial charge in [0.25, 0.3) is 0 Å². The number of ether oxygens (including phenoxy) is 1. The Morgan fingerprint density at radius 2 is 2.21 bits per heavy atom. The van der Waals surface area contributed by atoms with E-state index in [4.69, 9.17) is 39.4 Å². The molecule has 0 spiro atoms. The molecule has 0 aliphatic rings. The van der Waals surface area contributed by atoms with Gasteiger partial charge in [0.05, 0.1) is 0 Å². The van der Waals surface area contributed by atoms with E-state index < -0.39 is 5.83 Å². The van der Waals surface area contributed by atoms with Gasteiger partial charge in [-0.25, -0.2) is 0 Å². The maximum atomic E-state index is 5.60. The van der Waals surface area contributed by atoms with Crippen LogP contribution in [0.2, 0.25) is 0 Å². The largest absolute Gasteiger partial charge is 0.439 e. The second-order valence-electron chi connectivity index (χ2n) is 2.46. The summed E-state index contributed by atoms with van der Waals surface area (Å²) >= 11 is 17.3. The summed E-state index contributed by atoms with van der Waals surface area (Å²) < 4.78 is 5.70. The molecule has 0 heterocycles. The third kappa shape index (κ3) is 4.81. The zero-order chi connectivity index (χ0) is 10.6. The minimum Gasteiger partial charge on any atom is -0.439 e. The van der Waals surface area contributed by atoms with Crippen LogP contribution < -0.4 is 4.74 Å². The number of rotatable bonds is 2. The van der Waals surface area contributed by atoms with Crippen LogP contribution in [-0.2, 0) is 0 Å². The molecule has 1 aromatic rings. The van der Waals surface area contributed by atoms with Crippen LogP contribution in [0.3, 0.4) is 0 Å². The molecule has 76 valence electrons. The third-order valence-corrected chi connectivity index (χ3v) is 4.56. The van der Waals surface area contributed by atoms with Crippen LogP contribution in [0, 0.1) is 6.92 Å². The van der Waals surface area contributed by atoms with Crippen LogP contribution >= 0.6 is 51.9 Å². The molecule has 0 aliphatic heterocycles. The van der Waals surface area contributed by atoms with Crippen molar-refractivity contribution in [1.29, 1.82) is 0 Å². The van der Waals surface area contributed by atoms with Gasteiger partial charge in [0.1, 0.15) is 5.75 Å². The predicted molar refractivity (Wildman–Crippen MR) is 70.6 cm³/mol. The van der Waals surface area contributed by atoms with Gasteiger partial charge in [0.15, 0.2) is 5.83 Å². The van der Waals surface area contributed by atoms with Crippen molar-refractivity contribution in [3.8, 4) is 5.75 Å². The highest BCUT2D eigenvalue weighted by atomic mass is 35.9. The van der Waals surface area contributed by atoms with Crippen molar-refractivity contribution in [2.75, 3.05) is 0 Å². The van der Waals surface area contributed by atoms with E-state index in [1.165, 1.54) is 0 Å². The second-order valence-corrected chi connectivity index (χ2v) is 9.44. The average Bonchev–Trinajstić information content (AvgIpc) is 2.01. The van der Waals surface area contributed by atoms with Crippen LogP contribution in [0.25, 0.3) is 0 Å². The summed E-state index contributed by atoms with van der Waals surface area (Å²) in [5.74, 6) is -0.433. The fraction of sp³-hybridized carbons (Fsp3) is 0.125. The minimum atomic E-state index is -1.15. The molecule has 0 atom stereocenters. The molecule has 0 unspecified atom stereocenters. The van der Waals surface area contributed by atoms with E-state index in [0.717, 1.165) is 16.9 Å². The maximum absolute atomic E-state index is 5.60. The lowest BCUT2D eigenvalue weighted by Crippen LogP contribution is -1.97. The summed E-state index contributed by atoms with van der Waals surface area (Å²) in [6, 6.07) is 7.63.